The summed E-state index contributed by atoms with van der Waals surface area (Å²) in [6, 6.07) is 20.4. The van der Waals surface area contributed by atoms with Crippen molar-refractivity contribution in [3.63, 3.8) is 0 Å². The number of carbonyl (C=O) groups is 1. The van der Waals surface area contributed by atoms with E-state index in [-0.39, 0.29) is 11.9 Å². The summed E-state index contributed by atoms with van der Waals surface area (Å²) in [5, 5.41) is 3.00. The molecule has 0 aliphatic carbocycles. The molecule has 0 aliphatic heterocycles. The van der Waals surface area contributed by atoms with Crippen molar-refractivity contribution >= 4 is 5.91 Å². The van der Waals surface area contributed by atoms with Gasteiger partial charge in [0.2, 0.25) is 0 Å². The monoisotopic (exact) mass is 289 g/mol. The molecule has 0 aliphatic rings. The van der Waals surface area contributed by atoms with Gasteiger partial charge in [0.15, 0.2) is 0 Å². The summed E-state index contributed by atoms with van der Waals surface area (Å²) in [6.45, 7) is 0. The Hall–Kier alpha value is -3.01. The van der Waals surface area contributed by atoms with Crippen LogP contribution >= 0.6 is 0 Å². The first-order chi connectivity index (χ1) is 10.8. The molecule has 1 amide bonds. The van der Waals surface area contributed by atoms with Gasteiger partial charge in [0.05, 0.1) is 11.7 Å². The van der Waals surface area contributed by atoms with Gasteiger partial charge in [-0.1, -0.05) is 42.5 Å². The third-order valence-electron chi connectivity index (χ3n) is 3.29. The van der Waals surface area contributed by atoms with Crippen molar-refractivity contribution in [1.29, 1.82) is 0 Å². The lowest BCUT2D eigenvalue weighted by atomic mass is 10.0. The molecule has 1 aromatic carbocycles. The van der Waals surface area contributed by atoms with Gasteiger partial charge in [0.25, 0.3) is 5.91 Å². The number of nitrogens with zero attached hydrogens (tertiary/aromatic N) is 2. The number of hydrogen-bond acceptors (Lipinski definition) is 3. The van der Waals surface area contributed by atoms with Crippen molar-refractivity contribution in [2.75, 3.05) is 0 Å². The van der Waals surface area contributed by atoms with Crippen LogP contribution in [0.5, 0.6) is 0 Å². The van der Waals surface area contributed by atoms with Crippen LogP contribution in [0.15, 0.2) is 79.1 Å². The molecule has 4 heteroatoms. The number of hydrogen-bond donors (Lipinski definition) is 1. The van der Waals surface area contributed by atoms with E-state index in [2.05, 4.69) is 15.3 Å². The highest BCUT2D eigenvalue weighted by Gasteiger charge is 2.19. The second-order valence-corrected chi connectivity index (χ2v) is 4.79. The number of aromatic nitrogens is 2. The SMILES string of the molecule is O=C(NC(c1ccccc1)c1ccccn1)c1ccccn1. The third kappa shape index (κ3) is 3.17. The van der Waals surface area contributed by atoms with E-state index in [0.717, 1.165) is 11.3 Å². The van der Waals surface area contributed by atoms with E-state index in [9.17, 15) is 4.79 Å². The largest absolute Gasteiger partial charge is 0.338 e. The molecule has 2 heterocycles. The van der Waals surface area contributed by atoms with Gasteiger partial charge in [-0.2, -0.15) is 0 Å². The molecule has 1 atom stereocenters. The molecule has 0 radical (unpaired) electrons. The minimum Gasteiger partial charge on any atom is -0.338 e. The summed E-state index contributed by atoms with van der Waals surface area (Å²) in [7, 11) is 0. The van der Waals surface area contributed by atoms with E-state index >= 15 is 0 Å². The zero-order valence-electron chi connectivity index (χ0n) is 11.9. The van der Waals surface area contributed by atoms with Crippen LogP contribution in [0.1, 0.15) is 27.8 Å². The van der Waals surface area contributed by atoms with E-state index in [1.54, 1.807) is 30.6 Å². The lowest BCUT2D eigenvalue weighted by molar-refractivity contribution is 0.0937. The number of nitrogens with one attached hydrogen (secondary N) is 1. The van der Waals surface area contributed by atoms with E-state index in [4.69, 9.17) is 0 Å². The number of rotatable bonds is 4. The Bertz CT molecular complexity index is 691. The van der Waals surface area contributed by atoms with Crippen LogP contribution in [0.2, 0.25) is 0 Å². The maximum Gasteiger partial charge on any atom is 0.270 e. The molecule has 3 rings (SSSR count). The Morgan fingerprint density at radius 2 is 1.50 bits per heavy atom. The Labute approximate surface area is 128 Å². The topological polar surface area (TPSA) is 54.9 Å². The molecule has 0 saturated carbocycles. The van der Waals surface area contributed by atoms with Gasteiger partial charge in [-0.25, -0.2) is 0 Å². The molecule has 4 nitrogen and oxygen atoms in total. The zero-order chi connectivity index (χ0) is 15.2. The standard InChI is InChI=1S/C18H15N3O/c22-18(16-11-5-7-13-20-16)21-17(14-8-2-1-3-9-14)15-10-4-6-12-19-15/h1-13,17H,(H,21,22). The van der Waals surface area contributed by atoms with Crippen molar-refractivity contribution in [2.45, 2.75) is 6.04 Å². The van der Waals surface area contributed by atoms with Crippen molar-refractivity contribution in [1.82, 2.24) is 15.3 Å². The number of benzene rings is 1. The van der Waals surface area contributed by atoms with Gasteiger partial charge < -0.3 is 5.32 Å². The highest BCUT2D eigenvalue weighted by Crippen LogP contribution is 2.20. The average Bonchev–Trinajstić information content (AvgIpc) is 2.62. The minimum atomic E-state index is -0.308. The second kappa shape index (κ2) is 6.63. The van der Waals surface area contributed by atoms with Crippen molar-refractivity contribution in [3.05, 3.63) is 96.1 Å². The molecule has 1 unspecified atom stereocenters. The van der Waals surface area contributed by atoms with Crippen LogP contribution in [-0.4, -0.2) is 15.9 Å². The highest BCUT2D eigenvalue weighted by molar-refractivity contribution is 5.92. The molecule has 2 aromatic heterocycles. The maximum absolute atomic E-state index is 12.4. The summed E-state index contributed by atoms with van der Waals surface area (Å²) in [4.78, 5) is 20.9. The van der Waals surface area contributed by atoms with Gasteiger partial charge in [0, 0.05) is 12.4 Å². The van der Waals surface area contributed by atoms with Gasteiger partial charge in [-0.15, -0.1) is 0 Å². The van der Waals surface area contributed by atoms with E-state index in [1.807, 2.05) is 48.5 Å². The first-order valence-corrected chi connectivity index (χ1v) is 7.02. The van der Waals surface area contributed by atoms with Crippen LogP contribution < -0.4 is 5.32 Å². The number of pyridine rings is 2. The fourth-order valence-electron chi connectivity index (χ4n) is 2.22. The third-order valence-corrected chi connectivity index (χ3v) is 3.29. The molecular weight excluding hydrogens is 274 g/mol. The molecular formula is C18H15N3O. The van der Waals surface area contributed by atoms with Gasteiger partial charge >= 0.3 is 0 Å². The molecule has 0 spiro atoms. The Kier molecular flexibility index (Phi) is 4.20. The minimum absolute atomic E-state index is 0.222. The van der Waals surface area contributed by atoms with E-state index in [1.165, 1.54) is 0 Å². The van der Waals surface area contributed by atoms with Crippen molar-refractivity contribution in [3.8, 4) is 0 Å². The number of carbonyl (C=O) groups excluding carboxylic acids is 1. The molecule has 0 fully saturated rings. The van der Waals surface area contributed by atoms with Gasteiger partial charge in [-0.3, -0.25) is 14.8 Å². The fourth-order valence-corrected chi connectivity index (χ4v) is 2.22. The summed E-state index contributed by atoms with van der Waals surface area (Å²) >= 11 is 0. The first kappa shape index (κ1) is 13.9. The van der Waals surface area contributed by atoms with Gasteiger partial charge in [0.1, 0.15) is 5.69 Å². The lowest BCUT2D eigenvalue weighted by Gasteiger charge is -2.18. The predicted molar refractivity (Wildman–Crippen MR) is 84.2 cm³/mol. The maximum atomic E-state index is 12.4. The van der Waals surface area contributed by atoms with Crippen molar-refractivity contribution < 1.29 is 4.79 Å². The van der Waals surface area contributed by atoms with E-state index in [0.29, 0.717) is 5.69 Å². The quantitative estimate of drug-likeness (QED) is 0.803. The van der Waals surface area contributed by atoms with Crippen LogP contribution in [0, 0.1) is 0 Å². The first-order valence-electron chi connectivity index (χ1n) is 7.02. The molecule has 1 N–H and O–H groups in total. The normalized spacial score (nSPS) is 11.6. The summed E-state index contributed by atoms with van der Waals surface area (Å²) in [5.74, 6) is -0.222. The van der Waals surface area contributed by atoms with Crippen LogP contribution in [0.25, 0.3) is 0 Å². The number of amides is 1. The summed E-state index contributed by atoms with van der Waals surface area (Å²) < 4.78 is 0. The molecule has 108 valence electrons. The Morgan fingerprint density at radius 1 is 0.818 bits per heavy atom. The molecule has 0 saturated heterocycles. The van der Waals surface area contributed by atoms with Gasteiger partial charge in [-0.05, 0) is 29.8 Å². The Balaban J connectivity index is 1.91. The zero-order valence-corrected chi connectivity index (χ0v) is 11.9. The highest BCUT2D eigenvalue weighted by atomic mass is 16.1. The van der Waals surface area contributed by atoms with Crippen LogP contribution in [0.3, 0.4) is 0 Å². The van der Waals surface area contributed by atoms with Crippen LogP contribution in [-0.2, 0) is 0 Å². The van der Waals surface area contributed by atoms with E-state index < -0.39 is 0 Å². The second-order valence-electron chi connectivity index (χ2n) is 4.79. The average molecular weight is 289 g/mol. The molecule has 0 bridgehead atoms. The predicted octanol–water partition coefficient (Wildman–Crippen LogP) is 3.00. The Morgan fingerprint density at radius 3 is 2.14 bits per heavy atom. The van der Waals surface area contributed by atoms with Crippen molar-refractivity contribution in [2.24, 2.45) is 0 Å². The fraction of sp³-hybridized carbons (Fsp3) is 0.0556. The summed E-state index contributed by atoms with van der Waals surface area (Å²) in [5.41, 5.74) is 2.16. The molecule has 3 aromatic rings. The smallest absolute Gasteiger partial charge is 0.270 e. The molecule has 22 heavy (non-hydrogen) atoms. The van der Waals surface area contributed by atoms with Crippen LogP contribution in [0.4, 0.5) is 0 Å². The summed E-state index contributed by atoms with van der Waals surface area (Å²) in [6.07, 6.45) is 3.32. The lowest BCUT2D eigenvalue weighted by Crippen LogP contribution is -2.30.